The number of hydrogen-bond donors (Lipinski definition) is 1. The first-order valence-corrected chi connectivity index (χ1v) is 7.64. The van der Waals surface area contributed by atoms with Crippen LogP contribution in [0.5, 0.6) is 0 Å². The molecule has 0 bridgehead atoms. The Morgan fingerprint density at radius 1 is 1.12 bits per heavy atom. The van der Waals surface area contributed by atoms with Gasteiger partial charge in [0.1, 0.15) is 0 Å². The van der Waals surface area contributed by atoms with Crippen LogP contribution in [0.25, 0.3) is 0 Å². The maximum Gasteiger partial charge on any atom is 0.282 e. The molecule has 0 aromatic heterocycles. The standard InChI is InChI=1S/C10H19N3O3S/c14-17(15,12-3-5-16-6-4-12)13-2-1-9-7-11-8-10(9)13/h9-11H,1-8H2/t9-,10+/m1/s1. The van der Waals surface area contributed by atoms with Gasteiger partial charge in [0, 0.05) is 32.2 Å². The van der Waals surface area contributed by atoms with Crippen molar-refractivity contribution in [3.05, 3.63) is 0 Å². The number of morpholine rings is 1. The van der Waals surface area contributed by atoms with Crippen molar-refractivity contribution in [2.75, 3.05) is 45.9 Å². The molecule has 17 heavy (non-hydrogen) atoms. The topological polar surface area (TPSA) is 61.9 Å². The number of nitrogens with one attached hydrogen (secondary N) is 1. The van der Waals surface area contributed by atoms with Crippen LogP contribution in [-0.2, 0) is 14.9 Å². The normalized spacial score (nSPS) is 36.2. The lowest BCUT2D eigenvalue weighted by Crippen LogP contribution is -2.51. The highest BCUT2D eigenvalue weighted by molar-refractivity contribution is 7.86. The number of ether oxygens (including phenoxy) is 1. The summed E-state index contributed by atoms with van der Waals surface area (Å²) < 4.78 is 33.5. The second-order valence-corrected chi connectivity index (χ2v) is 6.79. The highest BCUT2D eigenvalue weighted by Gasteiger charge is 2.45. The van der Waals surface area contributed by atoms with Crippen LogP contribution in [0.1, 0.15) is 6.42 Å². The summed E-state index contributed by atoms with van der Waals surface area (Å²) in [5, 5.41) is 3.28. The summed E-state index contributed by atoms with van der Waals surface area (Å²) in [4.78, 5) is 0. The van der Waals surface area contributed by atoms with Crippen molar-refractivity contribution in [3.63, 3.8) is 0 Å². The van der Waals surface area contributed by atoms with E-state index in [1.807, 2.05) is 0 Å². The summed E-state index contributed by atoms with van der Waals surface area (Å²) in [6.45, 7) is 4.44. The molecule has 7 heteroatoms. The molecule has 6 nitrogen and oxygen atoms in total. The van der Waals surface area contributed by atoms with Crippen molar-refractivity contribution < 1.29 is 13.2 Å². The van der Waals surface area contributed by atoms with Crippen LogP contribution in [-0.4, -0.2) is 69.0 Å². The molecule has 98 valence electrons. The Bertz CT molecular complexity index is 380. The van der Waals surface area contributed by atoms with Crippen molar-refractivity contribution >= 4 is 10.2 Å². The second kappa shape index (κ2) is 4.47. The van der Waals surface area contributed by atoms with Crippen molar-refractivity contribution in [1.29, 1.82) is 0 Å². The van der Waals surface area contributed by atoms with E-state index in [1.165, 1.54) is 0 Å². The number of fused-ring (bicyclic) bond motifs is 1. The molecule has 0 saturated carbocycles. The number of nitrogens with zero attached hydrogens (tertiary/aromatic N) is 2. The fraction of sp³-hybridized carbons (Fsp3) is 1.00. The molecule has 0 radical (unpaired) electrons. The maximum absolute atomic E-state index is 12.5. The van der Waals surface area contributed by atoms with Gasteiger partial charge in [-0.1, -0.05) is 0 Å². The van der Waals surface area contributed by atoms with E-state index in [1.54, 1.807) is 8.61 Å². The molecule has 1 N–H and O–H groups in total. The van der Waals surface area contributed by atoms with Gasteiger partial charge >= 0.3 is 0 Å². The third-order valence-corrected chi connectivity index (χ3v) is 6.05. The molecule has 3 saturated heterocycles. The Labute approximate surface area is 102 Å². The molecular formula is C10H19N3O3S. The van der Waals surface area contributed by atoms with E-state index in [0.717, 1.165) is 19.5 Å². The van der Waals surface area contributed by atoms with Gasteiger partial charge in [0.25, 0.3) is 10.2 Å². The van der Waals surface area contributed by atoms with Crippen LogP contribution >= 0.6 is 0 Å². The predicted molar refractivity (Wildman–Crippen MR) is 62.8 cm³/mol. The molecule has 3 fully saturated rings. The summed E-state index contributed by atoms with van der Waals surface area (Å²) in [5.74, 6) is 0.505. The lowest BCUT2D eigenvalue weighted by molar-refractivity contribution is 0.0699. The lowest BCUT2D eigenvalue weighted by Gasteiger charge is -2.32. The molecule has 3 rings (SSSR count). The molecule has 0 aromatic rings. The minimum atomic E-state index is -3.27. The van der Waals surface area contributed by atoms with Crippen molar-refractivity contribution in [2.24, 2.45) is 5.92 Å². The largest absolute Gasteiger partial charge is 0.379 e. The highest BCUT2D eigenvalue weighted by atomic mass is 32.2. The van der Waals surface area contributed by atoms with Gasteiger partial charge in [-0.05, 0) is 18.9 Å². The van der Waals surface area contributed by atoms with E-state index in [4.69, 9.17) is 4.74 Å². The fourth-order valence-corrected chi connectivity index (χ4v) is 4.85. The monoisotopic (exact) mass is 261 g/mol. The Morgan fingerprint density at radius 3 is 2.65 bits per heavy atom. The molecule has 3 heterocycles. The molecule has 0 amide bonds. The van der Waals surface area contributed by atoms with E-state index in [2.05, 4.69) is 5.32 Å². The first-order chi connectivity index (χ1) is 8.19. The first kappa shape index (κ1) is 11.9. The molecule has 0 aliphatic carbocycles. The van der Waals surface area contributed by atoms with Crippen molar-refractivity contribution in [2.45, 2.75) is 12.5 Å². The van der Waals surface area contributed by atoms with Crippen LogP contribution < -0.4 is 5.32 Å². The van der Waals surface area contributed by atoms with E-state index in [0.29, 0.717) is 38.8 Å². The molecular weight excluding hydrogens is 242 g/mol. The average Bonchev–Trinajstić information content (AvgIpc) is 2.91. The van der Waals surface area contributed by atoms with Crippen molar-refractivity contribution in [3.8, 4) is 0 Å². The van der Waals surface area contributed by atoms with E-state index < -0.39 is 10.2 Å². The van der Waals surface area contributed by atoms with Crippen LogP contribution in [0.3, 0.4) is 0 Å². The second-order valence-electron chi connectivity index (χ2n) is 4.90. The summed E-state index contributed by atoms with van der Waals surface area (Å²) in [6, 6.07) is 0.169. The third kappa shape index (κ3) is 2.00. The van der Waals surface area contributed by atoms with Crippen LogP contribution in [0.4, 0.5) is 0 Å². The van der Waals surface area contributed by atoms with Gasteiger partial charge in [-0.15, -0.1) is 0 Å². The Kier molecular flexibility index (Phi) is 3.12. The smallest absolute Gasteiger partial charge is 0.282 e. The summed E-state index contributed by atoms with van der Waals surface area (Å²) in [5.41, 5.74) is 0. The summed E-state index contributed by atoms with van der Waals surface area (Å²) in [7, 11) is -3.27. The Hall–Kier alpha value is -0.210. The van der Waals surface area contributed by atoms with Gasteiger partial charge in [-0.3, -0.25) is 0 Å². The zero-order valence-electron chi connectivity index (χ0n) is 9.84. The van der Waals surface area contributed by atoms with Crippen molar-refractivity contribution in [1.82, 2.24) is 13.9 Å². The molecule has 0 spiro atoms. The van der Waals surface area contributed by atoms with E-state index in [-0.39, 0.29) is 6.04 Å². The van der Waals surface area contributed by atoms with Gasteiger partial charge in [0.15, 0.2) is 0 Å². The van der Waals surface area contributed by atoms with Gasteiger partial charge in [-0.2, -0.15) is 17.0 Å². The molecule has 3 aliphatic heterocycles. The SMILES string of the molecule is O=S(=O)(N1CCOCC1)N1CC[C@@H]2CNC[C@@H]21. The summed E-state index contributed by atoms with van der Waals surface area (Å²) in [6.07, 6.45) is 0.987. The van der Waals surface area contributed by atoms with Crippen LogP contribution in [0.2, 0.25) is 0 Å². The van der Waals surface area contributed by atoms with E-state index in [9.17, 15) is 8.42 Å². The zero-order chi connectivity index (χ0) is 11.9. The highest BCUT2D eigenvalue weighted by Crippen LogP contribution is 2.30. The molecule has 0 aromatic carbocycles. The van der Waals surface area contributed by atoms with Gasteiger partial charge < -0.3 is 10.1 Å². The van der Waals surface area contributed by atoms with Gasteiger partial charge in [0.05, 0.1) is 13.2 Å². The van der Waals surface area contributed by atoms with Gasteiger partial charge in [0.2, 0.25) is 0 Å². The fourth-order valence-electron chi connectivity index (χ4n) is 3.02. The number of rotatable bonds is 2. The quantitative estimate of drug-likeness (QED) is 0.682. The van der Waals surface area contributed by atoms with Crippen LogP contribution in [0.15, 0.2) is 0 Å². The Balaban J connectivity index is 1.77. The third-order valence-electron chi connectivity index (χ3n) is 3.99. The minimum absolute atomic E-state index is 0.169. The minimum Gasteiger partial charge on any atom is -0.379 e. The average molecular weight is 261 g/mol. The number of hydrogen-bond acceptors (Lipinski definition) is 4. The van der Waals surface area contributed by atoms with Gasteiger partial charge in [-0.25, -0.2) is 0 Å². The summed E-state index contributed by atoms with van der Waals surface area (Å²) >= 11 is 0. The van der Waals surface area contributed by atoms with E-state index >= 15 is 0 Å². The Morgan fingerprint density at radius 2 is 1.88 bits per heavy atom. The maximum atomic E-state index is 12.5. The molecule has 2 atom stereocenters. The predicted octanol–water partition coefficient (Wildman–Crippen LogP) is -1.14. The molecule has 3 aliphatic rings. The molecule has 0 unspecified atom stereocenters. The van der Waals surface area contributed by atoms with Crippen LogP contribution in [0, 0.1) is 5.92 Å². The lowest BCUT2D eigenvalue weighted by atomic mass is 10.1. The first-order valence-electron chi connectivity index (χ1n) is 6.25. The zero-order valence-corrected chi connectivity index (χ0v) is 10.7.